The van der Waals surface area contributed by atoms with Crippen molar-refractivity contribution >= 4 is 29.2 Å². The summed E-state index contributed by atoms with van der Waals surface area (Å²) in [6, 6.07) is 14.3. The van der Waals surface area contributed by atoms with Gasteiger partial charge in [0.05, 0.1) is 19.2 Å². The predicted molar refractivity (Wildman–Crippen MR) is 105 cm³/mol. The van der Waals surface area contributed by atoms with Crippen molar-refractivity contribution in [2.75, 3.05) is 12.4 Å². The molecule has 0 fully saturated rings. The number of methoxy groups -OCH3 is 1. The molecule has 0 unspecified atom stereocenters. The summed E-state index contributed by atoms with van der Waals surface area (Å²) in [6.45, 7) is 0. The first kappa shape index (κ1) is 18.7. The first-order chi connectivity index (χ1) is 14.0. The number of hydrazone groups is 1. The second-order valence-electron chi connectivity index (χ2n) is 6.91. The minimum absolute atomic E-state index is 0.195. The maximum atomic E-state index is 13.1. The fourth-order valence-electron chi connectivity index (χ4n) is 3.78. The number of aliphatic carboxylic acids is 1. The molecule has 1 spiro atoms. The lowest BCUT2D eigenvalue weighted by molar-refractivity contribution is -0.146. The molecule has 8 nitrogen and oxygen atoms in total. The summed E-state index contributed by atoms with van der Waals surface area (Å²) in [6.07, 6.45) is -0.380. The number of nitrogens with zero attached hydrogens (tertiary/aromatic N) is 2. The van der Waals surface area contributed by atoms with Crippen LogP contribution < -0.4 is 10.1 Å². The summed E-state index contributed by atoms with van der Waals surface area (Å²) in [4.78, 5) is 36.9. The third-order valence-corrected chi connectivity index (χ3v) is 5.21. The molecule has 2 aromatic carbocycles. The van der Waals surface area contributed by atoms with Crippen LogP contribution in [0.1, 0.15) is 30.4 Å². The highest BCUT2D eigenvalue weighted by Gasteiger charge is 2.57. The molecule has 8 heteroatoms. The van der Waals surface area contributed by atoms with E-state index in [1.807, 2.05) is 12.1 Å². The van der Waals surface area contributed by atoms with Gasteiger partial charge in [0.1, 0.15) is 5.75 Å². The van der Waals surface area contributed by atoms with Gasteiger partial charge in [-0.3, -0.25) is 14.4 Å². The van der Waals surface area contributed by atoms with Crippen LogP contribution in [-0.2, 0) is 19.9 Å². The first-order valence-corrected chi connectivity index (χ1v) is 9.13. The molecule has 0 bridgehead atoms. The molecule has 0 aromatic heterocycles. The number of para-hydroxylation sites is 1. The van der Waals surface area contributed by atoms with E-state index >= 15 is 0 Å². The lowest BCUT2D eigenvalue weighted by Crippen LogP contribution is -2.48. The highest BCUT2D eigenvalue weighted by molar-refractivity contribution is 6.15. The Bertz CT molecular complexity index is 1030. The number of amides is 2. The van der Waals surface area contributed by atoms with Crippen LogP contribution in [0.15, 0.2) is 53.6 Å². The number of benzene rings is 2. The van der Waals surface area contributed by atoms with E-state index in [1.54, 1.807) is 43.5 Å². The van der Waals surface area contributed by atoms with Crippen molar-refractivity contribution in [3.8, 4) is 5.75 Å². The van der Waals surface area contributed by atoms with Gasteiger partial charge in [0.15, 0.2) is 5.54 Å². The van der Waals surface area contributed by atoms with Crippen LogP contribution in [0, 0.1) is 0 Å². The second kappa shape index (κ2) is 7.05. The van der Waals surface area contributed by atoms with E-state index in [4.69, 9.17) is 9.84 Å². The maximum Gasteiger partial charge on any atom is 0.303 e. The Morgan fingerprint density at radius 3 is 2.59 bits per heavy atom. The highest BCUT2D eigenvalue weighted by Crippen LogP contribution is 2.47. The minimum Gasteiger partial charge on any atom is -0.497 e. The van der Waals surface area contributed by atoms with Gasteiger partial charge in [0.25, 0.3) is 5.91 Å². The predicted octanol–water partition coefficient (Wildman–Crippen LogP) is 2.34. The van der Waals surface area contributed by atoms with Crippen LogP contribution in [0.5, 0.6) is 5.75 Å². The third-order valence-electron chi connectivity index (χ3n) is 5.21. The Morgan fingerprint density at radius 1 is 1.17 bits per heavy atom. The molecule has 2 heterocycles. The Labute approximate surface area is 166 Å². The highest BCUT2D eigenvalue weighted by atomic mass is 16.5. The Kier molecular flexibility index (Phi) is 4.54. The van der Waals surface area contributed by atoms with E-state index in [2.05, 4.69) is 10.4 Å². The largest absolute Gasteiger partial charge is 0.497 e. The summed E-state index contributed by atoms with van der Waals surface area (Å²) in [5.74, 6) is -1.26. The Hall–Kier alpha value is -3.68. The number of hydrogen-bond acceptors (Lipinski definition) is 5. The van der Waals surface area contributed by atoms with Crippen LogP contribution in [0.25, 0.3) is 0 Å². The molecule has 1 atom stereocenters. The zero-order chi connectivity index (χ0) is 20.6. The number of ether oxygens (including phenoxy) is 1. The van der Waals surface area contributed by atoms with Crippen LogP contribution in [0.4, 0.5) is 5.69 Å². The summed E-state index contributed by atoms with van der Waals surface area (Å²) in [5.41, 5.74) is 1.29. The fourth-order valence-corrected chi connectivity index (χ4v) is 3.78. The SMILES string of the molecule is COc1ccc(C2=NN(C(=O)CCC(=O)O)[C@@]3(C2)C(=O)Nc2ccccc23)cc1. The number of carbonyl (C=O) groups is 3. The molecule has 2 aliphatic rings. The van der Waals surface area contributed by atoms with Gasteiger partial charge in [0, 0.05) is 24.1 Å². The quantitative estimate of drug-likeness (QED) is 0.811. The molecule has 2 aromatic rings. The van der Waals surface area contributed by atoms with Crippen LogP contribution in [-0.4, -0.2) is 40.7 Å². The van der Waals surface area contributed by atoms with Crippen molar-refractivity contribution in [2.24, 2.45) is 5.10 Å². The Morgan fingerprint density at radius 2 is 1.90 bits per heavy atom. The molecular weight excluding hydrogens is 374 g/mol. The molecule has 2 amide bonds. The number of anilines is 1. The number of nitrogens with one attached hydrogen (secondary N) is 1. The van der Waals surface area contributed by atoms with Crippen LogP contribution in [0.3, 0.4) is 0 Å². The van der Waals surface area contributed by atoms with E-state index in [1.165, 1.54) is 0 Å². The molecule has 0 radical (unpaired) electrons. The van der Waals surface area contributed by atoms with Crippen molar-refractivity contribution in [3.05, 3.63) is 59.7 Å². The average Bonchev–Trinajstić information content (AvgIpc) is 3.26. The number of rotatable bonds is 5. The number of carboxylic acids is 1. The molecule has 4 rings (SSSR count). The van der Waals surface area contributed by atoms with E-state index in [0.29, 0.717) is 22.7 Å². The zero-order valence-electron chi connectivity index (χ0n) is 15.7. The number of fused-ring (bicyclic) bond motifs is 2. The smallest absolute Gasteiger partial charge is 0.303 e. The van der Waals surface area contributed by atoms with E-state index in [9.17, 15) is 14.4 Å². The zero-order valence-corrected chi connectivity index (χ0v) is 15.7. The second-order valence-corrected chi connectivity index (χ2v) is 6.91. The summed E-state index contributed by atoms with van der Waals surface area (Å²) in [5, 5.41) is 17.4. The summed E-state index contributed by atoms with van der Waals surface area (Å²) < 4.78 is 5.18. The Balaban J connectivity index is 1.77. The molecule has 29 heavy (non-hydrogen) atoms. The molecular formula is C21H19N3O5. The van der Waals surface area contributed by atoms with Crippen LogP contribution >= 0.6 is 0 Å². The fraction of sp³-hybridized carbons (Fsp3) is 0.238. The van der Waals surface area contributed by atoms with Crippen molar-refractivity contribution in [1.29, 1.82) is 0 Å². The lowest BCUT2D eigenvalue weighted by atomic mass is 9.85. The van der Waals surface area contributed by atoms with Gasteiger partial charge in [0.2, 0.25) is 5.91 Å². The molecule has 2 N–H and O–H groups in total. The average molecular weight is 393 g/mol. The summed E-state index contributed by atoms with van der Waals surface area (Å²) >= 11 is 0. The van der Waals surface area contributed by atoms with Gasteiger partial charge in [-0.1, -0.05) is 18.2 Å². The van der Waals surface area contributed by atoms with Gasteiger partial charge < -0.3 is 15.2 Å². The van der Waals surface area contributed by atoms with Gasteiger partial charge in [-0.2, -0.15) is 5.10 Å². The number of hydrogen-bond donors (Lipinski definition) is 2. The van der Waals surface area contributed by atoms with E-state index < -0.39 is 17.4 Å². The molecule has 0 saturated heterocycles. The van der Waals surface area contributed by atoms with Gasteiger partial charge in [-0.05, 0) is 35.9 Å². The van der Waals surface area contributed by atoms with Crippen molar-refractivity contribution in [3.63, 3.8) is 0 Å². The summed E-state index contributed by atoms with van der Waals surface area (Å²) in [7, 11) is 1.57. The molecule has 2 aliphatic heterocycles. The van der Waals surface area contributed by atoms with E-state index in [-0.39, 0.29) is 25.2 Å². The van der Waals surface area contributed by atoms with Gasteiger partial charge in [-0.15, -0.1) is 0 Å². The number of carboxylic acid groups (broad SMARTS) is 1. The van der Waals surface area contributed by atoms with Crippen molar-refractivity contribution in [2.45, 2.75) is 24.8 Å². The van der Waals surface area contributed by atoms with Crippen molar-refractivity contribution < 1.29 is 24.2 Å². The van der Waals surface area contributed by atoms with Crippen molar-refractivity contribution in [1.82, 2.24) is 5.01 Å². The first-order valence-electron chi connectivity index (χ1n) is 9.13. The monoisotopic (exact) mass is 393 g/mol. The van der Waals surface area contributed by atoms with Crippen LogP contribution in [0.2, 0.25) is 0 Å². The van der Waals surface area contributed by atoms with E-state index in [0.717, 1.165) is 10.6 Å². The van der Waals surface area contributed by atoms with Gasteiger partial charge >= 0.3 is 5.97 Å². The van der Waals surface area contributed by atoms with Gasteiger partial charge in [-0.25, -0.2) is 5.01 Å². The topological polar surface area (TPSA) is 108 Å². The normalized spacial score (nSPS) is 19.7. The molecule has 148 valence electrons. The number of carbonyl (C=O) groups excluding carboxylic acids is 2. The maximum absolute atomic E-state index is 13.1. The molecule has 0 saturated carbocycles. The standard InChI is InChI=1S/C21H19N3O5/c1-29-14-8-6-13(7-9-14)17-12-21(24(23-17)18(25)10-11-19(26)27)15-4-2-3-5-16(15)22-20(21)28/h2-9H,10-12H2,1H3,(H,22,28)(H,26,27)/t21-/m1/s1. The minimum atomic E-state index is -1.32. The third kappa shape index (κ3) is 3.02. The lowest BCUT2D eigenvalue weighted by Gasteiger charge is -2.30. The molecule has 0 aliphatic carbocycles.